The molecule has 1 aliphatic carbocycles. The monoisotopic (exact) mass is 417 g/mol. The van der Waals surface area contributed by atoms with Gasteiger partial charge in [-0.25, -0.2) is 0 Å². The molecule has 0 radical (unpaired) electrons. The number of aryl methyl sites for hydroxylation is 1. The number of halogens is 2. The number of benzene rings is 1. The largest absolute Gasteiger partial charge is 0.336 e. The third-order valence-corrected chi connectivity index (χ3v) is 4.99. The van der Waals surface area contributed by atoms with Crippen molar-refractivity contribution >= 4 is 45.8 Å². The van der Waals surface area contributed by atoms with E-state index in [1.165, 1.54) is 4.90 Å². The Labute approximate surface area is 157 Å². The zero-order chi connectivity index (χ0) is 17.0. The van der Waals surface area contributed by atoms with Crippen molar-refractivity contribution in [2.45, 2.75) is 26.2 Å². The van der Waals surface area contributed by atoms with E-state index < -0.39 is 0 Å². The lowest BCUT2D eigenvalue weighted by Crippen LogP contribution is -2.40. The van der Waals surface area contributed by atoms with Crippen molar-refractivity contribution in [3.05, 3.63) is 28.2 Å². The number of anilines is 1. The third kappa shape index (κ3) is 5.19. The number of rotatable bonds is 5. The molecule has 7 heteroatoms. The number of likely N-dealkylation sites (N-methyl/N-ethyl adjacent to an activating group) is 1. The molecule has 0 aromatic heterocycles. The zero-order valence-electron chi connectivity index (χ0n) is 14.0. The quantitative estimate of drug-likeness (QED) is 0.772. The van der Waals surface area contributed by atoms with Gasteiger partial charge in [-0.2, -0.15) is 0 Å². The van der Waals surface area contributed by atoms with E-state index in [-0.39, 0.29) is 42.6 Å². The minimum absolute atomic E-state index is 0. The number of hydrogen-bond donors (Lipinski definition) is 2. The number of nitrogens with zero attached hydrogens (tertiary/aromatic N) is 1. The second kappa shape index (κ2) is 9.39. The minimum Gasteiger partial charge on any atom is -0.336 e. The lowest BCUT2D eigenvalue weighted by Gasteiger charge is -2.24. The molecule has 0 heterocycles. The molecule has 2 amide bonds. The minimum atomic E-state index is -0.187. The second-order valence-corrected chi connectivity index (χ2v) is 7.15. The Balaban J connectivity index is 0.00000288. The van der Waals surface area contributed by atoms with Gasteiger partial charge in [0.15, 0.2) is 0 Å². The molecule has 0 unspecified atom stereocenters. The highest BCUT2D eigenvalue weighted by molar-refractivity contribution is 9.10. The number of nitrogens with one attached hydrogen (secondary N) is 1. The first-order chi connectivity index (χ1) is 10.9. The highest BCUT2D eigenvalue weighted by Gasteiger charge is 2.34. The molecule has 1 saturated carbocycles. The van der Waals surface area contributed by atoms with Crippen molar-refractivity contribution in [1.82, 2.24) is 4.90 Å². The SMILES string of the molecule is Cc1cc(Br)ccc1NC(=O)CN(C)C(=O)[C@@H]1CCC[C@@H]1CN.Cl. The molecule has 0 aliphatic heterocycles. The summed E-state index contributed by atoms with van der Waals surface area (Å²) in [7, 11) is 1.68. The molecule has 0 spiro atoms. The standard InChI is InChI=1S/C17H24BrN3O2.ClH/c1-11-8-13(18)6-7-15(11)20-16(22)10-21(2)17(23)14-5-3-4-12(14)9-19;/h6-8,12,14H,3-5,9-10,19H2,1-2H3,(H,20,22);1H/t12-,14-;/m1./s1. The Kier molecular flexibility index (Phi) is 8.19. The van der Waals surface area contributed by atoms with Gasteiger partial charge in [-0.05, 0) is 56.0 Å². The van der Waals surface area contributed by atoms with E-state index in [9.17, 15) is 9.59 Å². The maximum Gasteiger partial charge on any atom is 0.243 e. The van der Waals surface area contributed by atoms with E-state index in [1.807, 2.05) is 25.1 Å². The van der Waals surface area contributed by atoms with Gasteiger partial charge in [0.05, 0.1) is 6.54 Å². The van der Waals surface area contributed by atoms with Crippen molar-refractivity contribution in [3.63, 3.8) is 0 Å². The number of nitrogens with two attached hydrogens (primary N) is 1. The molecular formula is C17H25BrClN3O2. The van der Waals surface area contributed by atoms with Crippen molar-refractivity contribution < 1.29 is 9.59 Å². The fourth-order valence-corrected chi connectivity index (χ4v) is 3.65. The van der Waals surface area contributed by atoms with Crippen LogP contribution in [0.25, 0.3) is 0 Å². The second-order valence-electron chi connectivity index (χ2n) is 6.23. The Morgan fingerprint density at radius 3 is 2.71 bits per heavy atom. The summed E-state index contributed by atoms with van der Waals surface area (Å²) in [5, 5.41) is 2.86. The van der Waals surface area contributed by atoms with Gasteiger partial charge in [-0.1, -0.05) is 22.4 Å². The van der Waals surface area contributed by atoms with Crippen LogP contribution in [0.15, 0.2) is 22.7 Å². The van der Waals surface area contributed by atoms with Crippen LogP contribution in [-0.2, 0) is 9.59 Å². The van der Waals surface area contributed by atoms with Crippen LogP contribution in [0.1, 0.15) is 24.8 Å². The summed E-state index contributed by atoms with van der Waals surface area (Å²) in [6.45, 7) is 2.52. The predicted octanol–water partition coefficient (Wildman–Crippen LogP) is 2.95. The maximum absolute atomic E-state index is 12.5. The Morgan fingerprint density at radius 1 is 1.38 bits per heavy atom. The van der Waals surface area contributed by atoms with Gasteiger partial charge in [0.25, 0.3) is 0 Å². The van der Waals surface area contributed by atoms with Crippen LogP contribution in [-0.4, -0.2) is 36.9 Å². The first kappa shape index (κ1) is 20.9. The Morgan fingerprint density at radius 2 is 2.08 bits per heavy atom. The molecular weight excluding hydrogens is 394 g/mol. The van der Waals surface area contributed by atoms with Crippen LogP contribution < -0.4 is 11.1 Å². The zero-order valence-corrected chi connectivity index (χ0v) is 16.5. The summed E-state index contributed by atoms with van der Waals surface area (Å²) in [5.74, 6) is 0.0585. The third-order valence-electron chi connectivity index (χ3n) is 4.50. The molecule has 0 saturated heterocycles. The Bertz CT molecular complexity index is 597. The fraction of sp³-hybridized carbons (Fsp3) is 0.529. The van der Waals surface area contributed by atoms with Crippen LogP contribution in [0.3, 0.4) is 0 Å². The van der Waals surface area contributed by atoms with Gasteiger partial charge < -0.3 is 16.0 Å². The van der Waals surface area contributed by atoms with E-state index in [0.29, 0.717) is 6.54 Å². The van der Waals surface area contributed by atoms with Crippen LogP contribution in [0.4, 0.5) is 5.69 Å². The topological polar surface area (TPSA) is 75.4 Å². The highest BCUT2D eigenvalue weighted by Crippen LogP contribution is 2.32. The molecule has 1 aromatic carbocycles. The number of amides is 2. The smallest absolute Gasteiger partial charge is 0.243 e. The summed E-state index contributed by atoms with van der Waals surface area (Å²) in [5.41, 5.74) is 7.48. The van der Waals surface area contributed by atoms with Crippen LogP contribution in [0.2, 0.25) is 0 Å². The van der Waals surface area contributed by atoms with E-state index in [0.717, 1.165) is 35.0 Å². The normalized spacial score (nSPS) is 19.5. The van der Waals surface area contributed by atoms with Crippen molar-refractivity contribution in [1.29, 1.82) is 0 Å². The maximum atomic E-state index is 12.5. The number of carbonyl (C=O) groups excluding carboxylic acids is 2. The predicted molar refractivity (Wildman–Crippen MR) is 102 cm³/mol. The summed E-state index contributed by atoms with van der Waals surface area (Å²) in [6, 6.07) is 5.66. The molecule has 2 rings (SSSR count). The summed E-state index contributed by atoms with van der Waals surface area (Å²) < 4.78 is 0.967. The first-order valence-corrected chi connectivity index (χ1v) is 8.72. The van der Waals surface area contributed by atoms with Crippen molar-refractivity contribution in [2.75, 3.05) is 25.5 Å². The highest BCUT2D eigenvalue weighted by atomic mass is 79.9. The molecule has 3 N–H and O–H groups in total. The van der Waals surface area contributed by atoms with E-state index in [4.69, 9.17) is 5.73 Å². The first-order valence-electron chi connectivity index (χ1n) is 7.93. The van der Waals surface area contributed by atoms with Crippen molar-refractivity contribution in [2.24, 2.45) is 17.6 Å². The van der Waals surface area contributed by atoms with Crippen LogP contribution >= 0.6 is 28.3 Å². The summed E-state index contributed by atoms with van der Waals surface area (Å²) >= 11 is 3.40. The van der Waals surface area contributed by atoms with E-state index in [1.54, 1.807) is 7.05 Å². The van der Waals surface area contributed by atoms with Gasteiger partial charge in [0.1, 0.15) is 0 Å². The molecule has 1 fully saturated rings. The molecule has 1 aliphatic rings. The molecule has 134 valence electrons. The average molecular weight is 419 g/mol. The Hall–Kier alpha value is -1.11. The average Bonchev–Trinajstić information content (AvgIpc) is 2.97. The van der Waals surface area contributed by atoms with Gasteiger partial charge in [0.2, 0.25) is 11.8 Å². The van der Waals surface area contributed by atoms with Gasteiger partial charge in [-0.15, -0.1) is 12.4 Å². The molecule has 2 atom stereocenters. The van der Waals surface area contributed by atoms with Crippen molar-refractivity contribution in [3.8, 4) is 0 Å². The van der Waals surface area contributed by atoms with Gasteiger partial charge >= 0.3 is 0 Å². The van der Waals surface area contributed by atoms with Gasteiger partial charge in [0, 0.05) is 23.1 Å². The molecule has 24 heavy (non-hydrogen) atoms. The van der Waals surface area contributed by atoms with Gasteiger partial charge in [-0.3, -0.25) is 9.59 Å². The van der Waals surface area contributed by atoms with Crippen LogP contribution in [0, 0.1) is 18.8 Å². The summed E-state index contributed by atoms with van der Waals surface area (Å²) in [6.07, 6.45) is 2.92. The summed E-state index contributed by atoms with van der Waals surface area (Å²) in [4.78, 5) is 26.2. The molecule has 5 nitrogen and oxygen atoms in total. The fourth-order valence-electron chi connectivity index (χ4n) is 3.18. The van der Waals surface area contributed by atoms with Crippen LogP contribution in [0.5, 0.6) is 0 Å². The van der Waals surface area contributed by atoms with E-state index >= 15 is 0 Å². The lowest BCUT2D eigenvalue weighted by molar-refractivity contribution is -0.137. The number of carbonyl (C=O) groups is 2. The number of hydrogen-bond acceptors (Lipinski definition) is 3. The molecule has 1 aromatic rings. The lowest BCUT2D eigenvalue weighted by atomic mass is 9.95. The van der Waals surface area contributed by atoms with E-state index in [2.05, 4.69) is 21.2 Å². The molecule has 0 bridgehead atoms.